The van der Waals surface area contributed by atoms with E-state index in [1.807, 2.05) is 18.2 Å². The molecule has 2 aromatic carbocycles. The highest BCUT2D eigenvalue weighted by Crippen LogP contribution is 2.40. The molecule has 27 heavy (non-hydrogen) atoms. The molecule has 1 aromatic heterocycles. The number of fused-ring (bicyclic) bond motifs is 1. The van der Waals surface area contributed by atoms with Crippen LogP contribution < -0.4 is 5.32 Å². The average Bonchev–Trinajstić information content (AvgIpc) is 3.09. The zero-order valence-corrected chi connectivity index (χ0v) is 16.2. The lowest BCUT2D eigenvalue weighted by molar-refractivity contribution is 0.0398. The molecule has 0 amide bonds. The van der Waals surface area contributed by atoms with Crippen LogP contribution in [-0.2, 0) is 4.74 Å². The maximum absolute atomic E-state index is 10.2. The number of phenolic OH excluding ortho intramolecular Hbond substituents is 2. The summed E-state index contributed by atoms with van der Waals surface area (Å²) in [5.74, 6) is -0.0916. The van der Waals surface area contributed by atoms with Crippen molar-refractivity contribution in [2.24, 2.45) is 0 Å². The first kappa shape index (κ1) is 18.1. The number of rotatable bonds is 5. The molecule has 1 aliphatic heterocycles. The molecule has 1 saturated heterocycles. The van der Waals surface area contributed by atoms with E-state index in [9.17, 15) is 10.2 Å². The highest BCUT2D eigenvalue weighted by molar-refractivity contribution is 9.10. The number of anilines is 1. The van der Waals surface area contributed by atoms with Gasteiger partial charge < -0.3 is 24.8 Å². The molecule has 7 nitrogen and oxygen atoms in total. The number of hydrogen-bond acceptors (Lipinski definition) is 7. The van der Waals surface area contributed by atoms with Gasteiger partial charge in [-0.1, -0.05) is 5.16 Å². The molecule has 0 atom stereocenters. The van der Waals surface area contributed by atoms with E-state index in [0.717, 1.165) is 50.5 Å². The molecule has 0 aliphatic carbocycles. The molecule has 2 heterocycles. The molecule has 1 aliphatic rings. The molecule has 0 unspecified atom stereocenters. The standard InChI is InChI=1S/C19H20BrN3O4/c20-15-10-13(16(24)11-17(15)25)19-14-9-12(1-2-18(14)27-22-19)21-3-4-23-5-7-26-8-6-23/h1-2,9-11,21,24-25H,3-8H2. The third-order valence-electron chi connectivity index (χ3n) is 4.65. The Balaban J connectivity index is 1.55. The Labute approximate surface area is 164 Å². The molecule has 3 aromatic rings. The van der Waals surface area contributed by atoms with Crippen LogP contribution in [0.15, 0.2) is 39.3 Å². The van der Waals surface area contributed by atoms with Crippen molar-refractivity contribution < 1.29 is 19.5 Å². The van der Waals surface area contributed by atoms with Gasteiger partial charge in [0.15, 0.2) is 5.58 Å². The first-order chi connectivity index (χ1) is 13.1. The van der Waals surface area contributed by atoms with Crippen molar-refractivity contribution in [3.63, 3.8) is 0 Å². The summed E-state index contributed by atoms with van der Waals surface area (Å²) in [6.45, 7) is 5.28. The van der Waals surface area contributed by atoms with E-state index in [1.54, 1.807) is 6.07 Å². The summed E-state index contributed by atoms with van der Waals surface area (Å²) in [7, 11) is 0. The van der Waals surface area contributed by atoms with E-state index < -0.39 is 0 Å². The number of benzene rings is 2. The fourth-order valence-electron chi connectivity index (χ4n) is 3.17. The van der Waals surface area contributed by atoms with Crippen LogP contribution in [0.25, 0.3) is 22.2 Å². The predicted molar refractivity (Wildman–Crippen MR) is 106 cm³/mol. The average molecular weight is 434 g/mol. The van der Waals surface area contributed by atoms with Crippen LogP contribution in [0.1, 0.15) is 0 Å². The Bertz CT molecular complexity index is 954. The molecule has 4 rings (SSSR count). The lowest BCUT2D eigenvalue weighted by atomic mass is 10.1. The Morgan fingerprint density at radius 1 is 1.11 bits per heavy atom. The van der Waals surface area contributed by atoms with Crippen LogP contribution in [0.4, 0.5) is 5.69 Å². The summed E-state index contributed by atoms with van der Waals surface area (Å²) >= 11 is 3.27. The summed E-state index contributed by atoms with van der Waals surface area (Å²) in [6.07, 6.45) is 0. The number of nitrogens with zero attached hydrogens (tertiary/aromatic N) is 2. The zero-order valence-electron chi connectivity index (χ0n) is 14.6. The third kappa shape index (κ3) is 3.87. The molecular formula is C19H20BrN3O4. The number of halogens is 1. The summed E-state index contributed by atoms with van der Waals surface area (Å²) in [6, 6.07) is 8.67. The van der Waals surface area contributed by atoms with Crippen LogP contribution in [0.3, 0.4) is 0 Å². The number of aromatic nitrogens is 1. The van der Waals surface area contributed by atoms with Gasteiger partial charge in [0.1, 0.15) is 17.2 Å². The fraction of sp³-hybridized carbons (Fsp3) is 0.316. The van der Waals surface area contributed by atoms with Crippen LogP contribution in [-0.4, -0.2) is 59.7 Å². The van der Waals surface area contributed by atoms with Crippen molar-refractivity contribution >= 4 is 32.6 Å². The minimum absolute atomic E-state index is 0.0329. The Kier molecular flexibility index (Phi) is 5.20. The third-order valence-corrected chi connectivity index (χ3v) is 5.29. The van der Waals surface area contributed by atoms with E-state index in [2.05, 4.69) is 31.3 Å². The van der Waals surface area contributed by atoms with Crippen molar-refractivity contribution in [3.05, 3.63) is 34.8 Å². The van der Waals surface area contributed by atoms with Gasteiger partial charge in [-0.05, 0) is 40.2 Å². The van der Waals surface area contributed by atoms with Crippen LogP contribution >= 0.6 is 15.9 Å². The number of phenols is 2. The Morgan fingerprint density at radius 2 is 1.93 bits per heavy atom. The highest BCUT2D eigenvalue weighted by Gasteiger charge is 2.17. The van der Waals surface area contributed by atoms with Crippen LogP contribution in [0.5, 0.6) is 11.5 Å². The molecule has 0 saturated carbocycles. The van der Waals surface area contributed by atoms with Gasteiger partial charge >= 0.3 is 0 Å². The maximum Gasteiger partial charge on any atom is 0.167 e. The molecule has 1 fully saturated rings. The van der Waals surface area contributed by atoms with Gasteiger partial charge in [-0.3, -0.25) is 4.90 Å². The molecule has 142 valence electrons. The Hall–Kier alpha value is -2.29. The van der Waals surface area contributed by atoms with Crippen LogP contribution in [0.2, 0.25) is 0 Å². The quantitative estimate of drug-likeness (QED) is 0.567. The predicted octanol–water partition coefficient (Wildman–Crippen LogP) is 3.41. The normalized spacial score (nSPS) is 15.3. The summed E-state index contributed by atoms with van der Waals surface area (Å²) < 4.78 is 11.2. The lowest BCUT2D eigenvalue weighted by Gasteiger charge is -2.26. The lowest BCUT2D eigenvalue weighted by Crippen LogP contribution is -2.38. The molecule has 8 heteroatoms. The maximum atomic E-state index is 10.2. The smallest absolute Gasteiger partial charge is 0.167 e. The SMILES string of the molecule is Oc1cc(O)c(-c2noc3ccc(NCCN4CCOCC4)cc23)cc1Br. The van der Waals surface area contributed by atoms with Gasteiger partial charge in [0.05, 0.1) is 23.1 Å². The van der Waals surface area contributed by atoms with Gasteiger partial charge in [-0.15, -0.1) is 0 Å². The second kappa shape index (κ2) is 7.75. The van der Waals surface area contributed by atoms with Crippen molar-refractivity contribution in [2.75, 3.05) is 44.7 Å². The van der Waals surface area contributed by atoms with Gasteiger partial charge in [-0.2, -0.15) is 0 Å². The molecule has 3 N–H and O–H groups in total. The second-order valence-corrected chi connectivity index (χ2v) is 7.30. The topological polar surface area (TPSA) is 91.0 Å². The molecular weight excluding hydrogens is 414 g/mol. The molecule has 0 bridgehead atoms. The van der Waals surface area contributed by atoms with Crippen molar-refractivity contribution in [3.8, 4) is 22.8 Å². The van der Waals surface area contributed by atoms with Crippen molar-refractivity contribution in [2.45, 2.75) is 0 Å². The fourth-order valence-corrected chi connectivity index (χ4v) is 3.51. The first-order valence-electron chi connectivity index (χ1n) is 8.77. The van der Waals surface area contributed by atoms with Crippen molar-refractivity contribution in [1.29, 1.82) is 0 Å². The summed E-state index contributed by atoms with van der Waals surface area (Å²) in [5, 5.41) is 28.2. The molecule has 0 spiro atoms. The number of nitrogens with one attached hydrogen (secondary N) is 1. The Morgan fingerprint density at radius 3 is 2.74 bits per heavy atom. The van der Waals surface area contributed by atoms with E-state index in [0.29, 0.717) is 21.3 Å². The van der Waals surface area contributed by atoms with Crippen molar-refractivity contribution in [1.82, 2.24) is 10.1 Å². The number of morpholine rings is 1. The van der Waals surface area contributed by atoms with E-state index in [1.165, 1.54) is 6.07 Å². The minimum atomic E-state index is -0.0587. The van der Waals surface area contributed by atoms with Gasteiger partial charge in [0.2, 0.25) is 0 Å². The van der Waals surface area contributed by atoms with E-state index in [-0.39, 0.29) is 11.5 Å². The highest BCUT2D eigenvalue weighted by atomic mass is 79.9. The van der Waals surface area contributed by atoms with E-state index >= 15 is 0 Å². The number of hydrogen-bond donors (Lipinski definition) is 3. The monoisotopic (exact) mass is 433 g/mol. The summed E-state index contributed by atoms with van der Waals surface area (Å²) in [4.78, 5) is 2.37. The van der Waals surface area contributed by atoms with Gasteiger partial charge in [-0.25, -0.2) is 0 Å². The number of aromatic hydroxyl groups is 2. The van der Waals surface area contributed by atoms with Gasteiger partial charge in [0, 0.05) is 43.5 Å². The molecule has 0 radical (unpaired) electrons. The minimum Gasteiger partial charge on any atom is -0.507 e. The number of ether oxygens (including phenoxy) is 1. The van der Waals surface area contributed by atoms with E-state index in [4.69, 9.17) is 9.26 Å². The first-order valence-corrected chi connectivity index (χ1v) is 9.56. The zero-order chi connectivity index (χ0) is 18.8. The van der Waals surface area contributed by atoms with Gasteiger partial charge in [0.25, 0.3) is 0 Å². The van der Waals surface area contributed by atoms with Crippen LogP contribution in [0, 0.1) is 0 Å². The largest absolute Gasteiger partial charge is 0.507 e. The summed E-state index contributed by atoms with van der Waals surface area (Å²) in [5.41, 5.74) is 2.61. The second-order valence-electron chi connectivity index (χ2n) is 6.44.